The number of rotatable bonds is 2. The van der Waals surface area contributed by atoms with Gasteiger partial charge in [0, 0.05) is 23.8 Å². The molecule has 0 amide bonds. The Morgan fingerprint density at radius 3 is 2.56 bits per heavy atom. The number of pyridine rings is 1. The highest BCUT2D eigenvalue weighted by molar-refractivity contribution is 7.99. The normalized spacial score (nSPS) is 24.6. The maximum Gasteiger partial charge on any atom is 0.417 e. The lowest BCUT2D eigenvalue weighted by Crippen LogP contribution is -2.12. The van der Waals surface area contributed by atoms with Crippen LogP contribution in [-0.2, 0) is 11.0 Å². The lowest BCUT2D eigenvalue weighted by molar-refractivity contribution is -0.137. The molecule has 2 unspecified atom stereocenters. The first-order chi connectivity index (χ1) is 8.38. The smallest absolute Gasteiger partial charge is 0.299 e. The molecule has 2 nitrogen and oxygen atoms in total. The standard InChI is InChI=1S/C12H12F3NOS/c1-7-9(17)3-4-10(7)18-11-5-2-8(6-16-11)12(13,14)15/h2,5-7,10H,3-4H2,1H3. The van der Waals surface area contributed by atoms with Crippen molar-refractivity contribution in [3.8, 4) is 0 Å². The summed E-state index contributed by atoms with van der Waals surface area (Å²) in [4.78, 5) is 15.2. The van der Waals surface area contributed by atoms with Crippen molar-refractivity contribution in [3.63, 3.8) is 0 Å². The molecule has 1 fully saturated rings. The van der Waals surface area contributed by atoms with E-state index >= 15 is 0 Å². The van der Waals surface area contributed by atoms with E-state index in [0.29, 0.717) is 11.4 Å². The van der Waals surface area contributed by atoms with E-state index in [0.717, 1.165) is 18.7 Å². The summed E-state index contributed by atoms with van der Waals surface area (Å²) in [5, 5.41) is 0.663. The summed E-state index contributed by atoms with van der Waals surface area (Å²) in [7, 11) is 0. The van der Waals surface area contributed by atoms with Gasteiger partial charge in [-0.15, -0.1) is 11.8 Å². The van der Waals surface area contributed by atoms with Gasteiger partial charge in [0.2, 0.25) is 0 Å². The van der Waals surface area contributed by atoms with Crippen LogP contribution in [-0.4, -0.2) is 16.0 Å². The molecular formula is C12H12F3NOS. The zero-order chi connectivity index (χ0) is 13.3. The van der Waals surface area contributed by atoms with Crippen molar-refractivity contribution < 1.29 is 18.0 Å². The van der Waals surface area contributed by atoms with Crippen LogP contribution in [0, 0.1) is 5.92 Å². The molecule has 1 aromatic rings. The maximum atomic E-state index is 12.3. The maximum absolute atomic E-state index is 12.3. The molecule has 0 spiro atoms. The van der Waals surface area contributed by atoms with Crippen molar-refractivity contribution in [2.45, 2.75) is 36.2 Å². The summed E-state index contributed by atoms with van der Waals surface area (Å²) >= 11 is 1.38. The summed E-state index contributed by atoms with van der Waals surface area (Å²) in [5.74, 6) is 0.179. The van der Waals surface area contributed by atoms with Crippen LogP contribution in [0.2, 0.25) is 0 Å². The minimum absolute atomic E-state index is 0.0425. The number of halogens is 3. The number of hydrogen-bond acceptors (Lipinski definition) is 3. The molecule has 1 saturated carbocycles. The lowest BCUT2D eigenvalue weighted by Gasteiger charge is -2.13. The quantitative estimate of drug-likeness (QED) is 0.826. The zero-order valence-electron chi connectivity index (χ0n) is 9.70. The summed E-state index contributed by atoms with van der Waals surface area (Å²) < 4.78 is 37.0. The number of Topliss-reactive ketones (excluding diaryl/α,β-unsaturated/α-hetero) is 1. The van der Waals surface area contributed by atoms with Gasteiger partial charge >= 0.3 is 6.18 Å². The highest BCUT2D eigenvalue weighted by Gasteiger charge is 2.33. The van der Waals surface area contributed by atoms with E-state index in [1.54, 1.807) is 0 Å². The third kappa shape index (κ3) is 2.85. The van der Waals surface area contributed by atoms with Gasteiger partial charge in [-0.3, -0.25) is 4.79 Å². The molecule has 1 heterocycles. The molecule has 1 aliphatic rings. The number of alkyl halides is 3. The van der Waals surface area contributed by atoms with Crippen LogP contribution < -0.4 is 0 Å². The minimum Gasteiger partial charge on any atom is -0.299 e. The Labute approximate surface area is 107 Å². The number of thioether (sulfide) groups is 1. The van der Waals surface area contributed by atoms with E-state index in [1.165, 1.54) is 17.8 Å². The van der Waals surface area contributed by atoms with Crippen molar-refractivity contribution in [1.29, 1.82) is 0 Å². The molecule has 98 valence electrons. The molecule has 6 heteroatoms. The van der Waals surface area contributed by atoms with Crippen molar-refractivity contribution in [3.05, 3.63) is 23.9 Å². The second-order valence-electron chi connectivity index (χ2n) is 4.33. The van der Waals surface area contributed by atoms with E-state index in [4.69, 9.17) is 0 Å². The first kappa shape index (κ1) is 13.4. The second kappa shape index (κ2) is 4.91. The highest BCUT2D eigenvalue weighted by Crippen LogP contribution is 2.37. The van der Waals surface area contributed by atoms with Crippen molar-refractivity contribution in [2.24, 2.45) is 5.92 Å². The van der Waals surface area contributed by atoms with Gasteiger partial charge in [0.15, 0.2) is 0 Å². The van der Waals surface area contributed by atoms with Crippen molar-refractivity contribution in [1.82, 2.24) is 4.98 Å². The van der Waals surface area contributed by atoms with Gasteiger partial charge in [-0.2, -0.15) is 13.2 Å². The summed E-state index contributed by atoms with van der Waals surface area (Å²) in [6.07, 6.45) is -2.19. The predicted octanol–water partition coefficient (Wildman–Crippen LogP) is 3.56. The Balaban J connectivity index is 2.05. The molecule has 0 bridgehead atoms. The number of carbonyl (C=O) groups is 1. The number of aromatic nitrogens is 1. The average molecular weight is 275 g/mol. The fourth-order valence-corrected chi connectivity index (χ4v) is 3.07. The first-order valence-corrected chi connectivity index (χ1v) is 6.48. The van der Waals surface area contributed by atoms with Crippen LogP contribution >= 0.6 is 11.8 Å². The number of ketones is 1. The summed E-state index contributed by atoms with van der Waals surface area (Å²) in [6.45, 7) is 1.86. The number of carbonyl (C=O) groups excluding carboxylic acids is 1. The molecule has 1 aliphatic carbocycles. The third-order valence-corrected chi connectivity index (χ3v) is 4.51. The molecule has 0 radical (unpaired) electrons. The van der Waals surface area contributed by atoms with Crippen molar-refractivity contribution in [2.75, 3.05) is 0 Å². The zero-order valence-corrected chi connectivity index (χ0v) is 10.5. The van der Waals surface area contributed by atoms with Gasteiger partial charge in [0.1, 0.15) is 5.78 Å². The van der Waals surface area contributed by atoms with Gasteiger partial charge in [-0.1, -0.05) is 6.92 Å². The van der Waals surface area contributed by atoms with Gasteiger partial charge in [-0.05, 0) is 18.6 Å². The van der Waals surface area contributed by atoms with E-state index in [1.807, 2.05) is 6.92 Å². The Morgan fingerprint density at radius 2 is 2.11 bits per heavy atom. The van der Waals surface area contributed by atoms with E-state index in [9.17, 15) is 18.0 Å². The molecule has 1 aromatic heterocycles. The van der Waals surface area contributed by atoms with Crippen LogP contribution in [0.1, 0.15) is 25.3 Å². The first-order valence-electron chi connectivity index (χ1n) is 5.60. The Hall–Kier alpha value is -1.04. The second-order valence-corrected chi connectivity index (χ2v) is 5.59. The Kier molecular flexibility index (Phi) is 3.66. The molecule has 0 saturated heterocycles. The highest BCUT2D eigenvalue weighted by atomic mass is 32.2. The van der Waals surface area contributed by atoms with E-state index in [2.05, 4.69) is 4.98 Å². The van der Waals surface area contributed by atoms with E-state index < -0.39 is 11.7 Å². The monoisotopic (exact) mass is 275 g/mol. The van der Waals surface area contributed by atoms with Crippen LogP contribution in [0.5, 0.6) is 0 Å². The Morgan fingerprint density at radius 1 is 1.39 bits per heavy atom. The number of nitrogens with zero attached hydrogens (tertiary/aromatic N) is 1. The third-order valence-electron chi connectivity index (χ3n) is 3.08. The van der Waals surface area contributed by atoms with Gasteiger partial charge in [-0.25, -0.2) is 4.98 Å². The van der Waals surface area contributed by atoms with Gasteiger partial charge < -0.3 is 0 Å². The van der Waals surface area contributed by atoms with Crippen LogP contribution in [0.25, 0.3) is 0 Å². The molecule has 0 aliphatic heterocycles. The average Bonchev–Trinajstić information content (AvgIpc) is 2.61. The topological polar surface area (TPSA) is 30.0 Å². The molecule has 2 rings (SSSR count). The Bertz CT molecular complexity index is 444. The lowest BCUT2D eigenvalue weighted by atomic mass is 10.1. The molecule has 0 aromatic carbocycles. The van der Waals surface area contributed by atoms with Crippen LogP contribution in [0.15, 0.2) is 23.4 Å². The van der Waals surface area contributed by atoms with E-state index in [-0.39, 0.29) is 17.0 Å². The fourth-order valence-electron chi connectivity index (χ4n) is 1.90. The SMILES string of the molecule is CC1C(=O)CCC1Sc1ccc(C(F)(F)F)cn1. The molecule has 0 N–H and O–H groups in total. The molecular weight excluding hydrogens is 263 g/mol. The summed E-state index contributed by atoms with van der Waals surface area (Å²) in [5.41, 5.74) is -0.748. The fraction of sp³-hybridized carbons (Fsp3) is 0.500. The van der Waals surface area contributed by atoms with Crippen molar-refractivity contribution >= 4 is 17.5 Å². The summed E-state index contributed by atoms with van der Waals surface area (Å²) in [6, 6.07) is 2.39. The molecule has 2 atom stereocenters. The van der Waals surface area contributed by atoms with Gasteiger partial charge in [0.05, 0.1) is 10.6 Å². The van der Waals surface area contributed by atoms with Gasteiger partial charge in [0.25, 0.3) is 0 Å². The minimum atomic E-state index is -4.35. The van der Waals surface area contributed by atoms with Crippen LogP contribution in [0.3, 0.4) is 0 Å². The van der Waals surface area contributed by atoms with Crippen LogP contribution in [0.4, 0.5) is 13.2 Å². The number of hydrogen-bond donors (Lipinski definition) is 0. The largest absolute Gasteiger partial charge is 0.417 e. The molecule has 18 heavy (non-hydrogen) atoms. The predicted molar refractivity (Wildman–Crippen MR) is 62.3 cm³/mol.